The molecule has 0 saturated heterocycles. The first-order chi connectivity index (χ1) is 12.2. The van der Waals surface area contributed by atoms with E-state index in [9.17, 15) is 9.59 Å². The summed E-state index contributed by atoms with van der Waals surface area (Å²) in [6, 6.07) is 10.4. The zero-order valence-corrected chi connectivity index (χ0v) is 14.1. The van der Waals surface area contributed by atoms with Crippen molar-refractivity contribution in [3.05, 3.63) is 60.7 Å². The van der Waals surface area contributed by atoms with Crippen LogP contribution in [0.1, 0.15) is 10.4 Å². The van der Waals surface area contributed by atoms with E-state index >= 15 is 0 Å². The fraction of sp³-hybridized carbons (Fsp3) is 0.125. The first kappa shape index (κ1) is 16.8. The number of ether oxygens (including phenoxy) is 1. The van der Waals surface area contributed by atoms with Crippen LogP contribution in [0.4, 0.5) is 5.69 Å². The van der Waals surface area contributed by atoms with E-state index < -0.39 is 5.97 Å². The predicted octanol–water partition coefficient (Wildman–Crippen LogP) is 1.91. The molecule has 0 fully saturated rings. The number of esters is 1. The van der Waals surface area contributed by atoms with Crippen LogP contribution in [0.25, 0.3) is 0 Å². The van der Waals surface area contributed by atoms with E-state index in [0.29, 0.717) is 16.4 Å². The molecule has 1 amide bonds. The zero-order chi connectivity index (χ0) is 17.6. The number of anilines is 1. The molecule has 0 unspecified atom stereocenters. The maximum atomic E-state index is 12.2. The molecule has 3 rings (SSSR count). The molecule has 2 heterocycles. The Balaban J connectivity index is 1.65. The molecule has 128 valence electrons. The number of carbonyl (C=O) groups excluding carboxylic acids is 2. The molecule has 3 aromatic rings. The number of nitrogens with zero attached hydrogens (tertiary/aromatic N) is 4. The molecule has 0 radical (unpaired) electrons. The number of methoxy groups -OCH3 is 1. The number of aromatic nitrogens is 4. The van der Waals surface area contributed by atoms with Crippen molar-refractivity contribution < 1.29 is 14.3 Å². The first-order valence-corrected chi connectivity index (χ1v) is 8.31. The largest absolute Gasteiger partial charge is 0.465 e. The highest BCUT2D eigenvalue weighted by Gasteiger charge is 2.14. The van der Waals surface area contributed by atoms with Crippen LogP contribution in [-0.4, -0.2) is 44.3 Å². The van der Waals surface area contributed by atoms with Crippen molar-refractivity contribution in [1.29, 1.82) is 0 Å². The molecule has 9 heteroatoms. The number of hydrogen-bond acceptors (Lipinski definition) is 6. The highest BCUT2D eigenvalue weighted by atomic mass is 32.2. The average Bonchev–Trinajstić information content (AvgIpc) is 3.30. The van der Waals surface area contributed by atoms with Gasteiger partial charge in [0.2, 0.25) is 11.1 Å². The standard InChI is InChI=1S/C16H15N5O3S/c1-24-15(23)12-6-2-3-7-13(12)18-14(22)10-25-16-19-17-11-21(16)20-8-4-5-9-20/h2-9,11H,10H2,1H3,(H,18,22). The number of nitrogens with one attached hydrogen (secondary N) is 1. The number of rotatable bonds is 6. The summed E-state index contributed by atoms with van der Waals surface area (Å²) < 4.78 is 8.24. The second-order valence-electron chi connectivity index (χ2n) is 4.90. The minimum Gasteiger partial charge on any atom is -0.465 e. The van der Waals surface area contributed by atoms with Crippen molar-refractivity contribution in [3.63, 3.8) is 0 Å². The number of benzene rings is 1. The fourth-order valence-corrected chi connectivity index (χ4v) is 2.85. The van der Waals surface area contributed by atoms with Gasteiger partial charge in [-0.3, -0.25) is 9.47 Å². The van der Waals surface area contributed by atoms with E-state index in [-0.39, 0.29) is 11.7 Å². The quantitative estimate of drug-likeness (QED) is 0.535. The lowest BCUT2D eigenvalue weighted by Crippen LogP contribution is -2.17. The van der Waals surface area contributed by atoms with Gasteiger partial charge in [0, 0.05) is 12.4 Å². The molecule has 0 spiro atoms. The molecule has 0 aliphatic carbocycles. The predicted molar refractivity (Wildman–Crippen MR) is 92.4 cm³/mol. The summed E-state index contributed by atoms with van der Waals surface area (Å²) in [7, 11) is 1.30. The minimum atomic E-state index is -0.504. The molecule has 0 aliphatic heterocycles. The summed E-state index contributed by atoms with van der Waals surface area (Å²) in [6.45, 7) is 0. The Bertz CT molecular complexity index is 876. The van der Waals surface area contributed by atoms with Crippen molar-refractivity contribution in [1.82, 2.24) is 19.5 Å². The normalized spacial score (nSPS) is 10.4. The van der Waals surface area contributed by atoms with E-state index in [1.54, 1.807) is 39.9 Å². The van der Waals surface area contributed by atoms with Crippen molar-refractivity contribution in [2.75, 3.05) is 18.2 Å². The fourth-order valence-electron chi connectivity index (χ4n) is 2.14. The van der Waals surface area contributed by atoms with Crippen LogP contribution in [0.15, 0.2) is 60.3 Å². The number of thioether (sulfide) groups is 1. The topological polar surface area (TPSA) is 91.0 Å². The van der Waals surface area contributed by atoms with Crippen LogP contribution in [0.5, 0.6) is 0 Å². The molecule has 2 aromatic heterocycles. The van der Waals surface area contributed by atoms with Gasteiger partial charge < -0.3 is 10.1 Å². The van der Waals surface area contributed by atoms with Crippen LogP contribution >= 0.6 is 11.8 Å². The van der Waals surface area contributed by atoms with Crippen molar-refractivity contribution >= 4 is 29.3 Å². The average molecular weight is 357 g/mol. The van der Waals surface area contributed by atoms with Gasteiger partial charge in [-0.25, -0.2) is 9.47 Å². The third-order valence-corrected chi connectivity index (χ3v) is 4.21. The highest BCUT2D eigenvalue weighted by Crippen LogP contribution is 2.19. The van der Waals surface area contributed by atoms with Gasteiger partial charge in [-0.15, -0.1) is 10.2 Å². The van der Waals surface area contributed by atoms with Gasteiger partial charge in [-0.2, -0.15) is 0 Å². The summed E-state index contributed by atoms with van der Waals surface area (Å²) in [5, 5.41) is 11.2. The molecule has 0 bridgehead atoms. The molecule has 1 N–H and O–H groups in total. The summed E-state index contributed by atoms with van der Waals surface area (Å²) in [5.41, 5.74) is 0.714. The van der Waals surface area contributed by atoms with Gasteiger partial charge in [0.1, 0.15) is 6.33 Å². The van der Waals surface area contributed by atoms with E-state index in [4.69, 9.17) is 4.74 Å². The monoisotopic (exact) mass is 357 g/mol. The lowest BCUT2D eigenvalue weighted by Gasteiger charge is -2.10. The Morgan fingerprint density at radius 2 is 1.96 bits per heavy atom. The Kier molecular flexibility index (Phi) is 5.14. The van der Waals surface area contributed by atoms with Gasteiger partial charge in [-0.05, 0) is 24.3 Å². The van der Waals surface area contributed by atoms with Crippen LogP contribution in [0, 0.1) is 0 Å². The van der Waals surface area contributed by atoms with Crippen molar-refractivity contribution in [3.8, 4) is 0 Å². The van der Waals surface area contributed by atoms with Crippen LogP contribution in [-0.2, 0) is 9.53 Å². The van der Waals surface area contributed by atoms with Gasteiger partial charge in [0.15, 0.2) is 0 Å². The van der Waals surface area contributed by atoms with E-state index in [1.165, 1.54) is 18.9 Å². The maximum absolute atomic E-state index is 12.2. The number of carbonyl (C=O) groups is 2. The van der Waals surface area contributed by atoms with Gasteiger partial charge in [-0.1, -0.05) is 23.9 Å². The summed E-state index contributed by atoms with van der Waals surface area (Å²) in [4.78, 5) is 24.0. The molecule has 0 atom stereocenters. The summed E-state index contributed by atoms with van der Waals surface area (Å²) >= 11 is 1.24. The van der Waals surface area contributed by atoms with Crippen LogP contribution in [0.3, 0.4) is 0 Å². The van der Waals surface area contributed by atoms with E-state index in [0.717, 1.165) is 0 Å². The van der Waals surface area contributed by atoms with Crippen molar-refractivity contribution in [2.45, 2.75) is 5.16 Å². The third kappa shape index (κ3) is 3.89. The van der Waals surface area contributed by atoms with Crippen LogP contribution < -0.4 is 5.32 Å². The lowest BCUT2D eigenvalue weighted by atomic mass is 10.2. The minimum absolute atomic E-state index is 0.121. The second kappa shape index (κ2) is 7.67. The Hall–Kier alpha value is -3.07. The van der Waals surface area contributed by atoms with Gasteiger partial charge in [0.05, 0.1) is 24.1 Å². The summed E-state index contributed by atoms with van der Waals surface area (Å²) in [6.07, 6.45) is 5.26. The van der Waals surface area contributed by atoms with Crippen LogP contribution in [0.2, 0.25) is 0 Å². The SMILES string of the molecule is COC(=O)c1ccccc1NC(=O)CSc1nncn1-n1cccc1. The second-order valence-corrected chi connectivity index (χ2v) is 5.84. The van der Waals surface area contributed by atoms with E-state index in [2.05, 4.69) is 15.5 Å². The molecule has 1 aromatic carbocycles. The molecule has 8 nitrogen and oxygen atoms in total. The first-order valence-electron chi connectivity index (χ1n) is 7.32. The zero-order valence-electron chi connectivity index (χ0n) is 13.3. The number of para-hydroxylation sites is 1. The Morgan fingerprint density at radius 1 is 1.20 bits per heavy atom. The Labute approximate surface area is 147 Å². The third-order valence-electron chi connectivity index (χ3n) is 3.28. The molecule has 25 heavy (non-hydrogen) atoms. The maximum Gasteiger partial charge on any atom is 0.339 e. The lowest BCUT2D eigenvalue weighted by molar-refractivity contribution is -0.113. The number of hydrogen-bond donors (Lipinski definition) is 1. The highest BCUT2D eigenvalue weighted by molar-refractivity contribution is 7.99. The van der Waals surface area contributed by atoms with Gasteiger partial charge in [0.25, 0.3) is 0 Å². The van der Waals surface area contributed by atoms with E-state index in [1.807, 2.05) is 24.5 Å². The molecule has 0 saturated carbocycles. The molecular weight excluding hydrogens is 342 g/mol. The van der Waals surface area contributed by atoms with Gasteiger partial charge >= 0.3 is 5.97 Å². The smallest absolute Gasteiger partial charge is 0.339 e. The van der Waals surface area contributed by atoms with Crippen molar-refractivity contribution in [2.24, 2.45) is 0 Å². The summed E-state index contributed by atoms with van der Waals surface area (Å²) in [5.74, 6) is -0.644. The molecular formula is C16H15N5O3S. The Morgan fingerprint density at radius 3 is 2.72 bits per heavy atom. The number of amides is 1. The molecule has 0 aliphatic rings.